The first-order valence-electron chi connectivity index (χ1n) is 9.93. The van der Waals surface area contributed by atoms with E-state index < -0.39 is 16.0 Å². The zero-order chi connectivity index (χ0) is 22.6. The molecule has 1 fully saturated rings. The lowest BCUT2D eigenvalue weighted by Gasteiger charge is -2.26. The van der Waals surface area contributed by atoms with E-state index in [2.05, 4.69) is 4.98 Å². The van der Waals surface area contributed by atoms with Crippen LogP contribution < -0.4 is 4.90 Å². The number of aromatic nitrogens is 1. The molecule has 0 atom stereocenters. The first kappa shape index (κ1) is 23.6. The minimum absolute atomic E-state index is 0.0650. The van der Waals surface area contributed by atoms with Gasteiger partial charge in [0, 0.05) is 31.9 Å². The fourth-order valence-corrected chi connectivity index (χ4v) is 6.21. The predicted octanol–water partition coefficient (Wildman–Crippen LogP) is 3.70. The van der Waals surface area contributed by atoms with Gasteiger partial charge in [-0.25, -0.2) is 18.2 Å². The molecule has 2 aromatic rings. The Balaban J connectivity index is 1.72. The molecule has 1 aliphatic heterocycles. The van der Waals surface area contributed by atoms with Gasteiger partial charge in [0.2, 0.25) is 15.9 Å². The topological polar surface area (TPSA) is 96.9 Å². The van der Waals surface area contributed by atoms with E-state index in [1.165, 1.54) is 45.7 Å². The Kier molecular flexibility index (Phi) is 7.68. The summed E-state index contributed by atoms with van der Waals surface area (Å²) in [7, 11) is -3.79. The zero-order valence-corrected chi connectivity index (χ0v) is 19.7. The standard InChI is InChI=1S/C20H24ClN3O5S2/c1-3-24(14(2)25)20-22-16(13-30-20)12-29-19(26)15-7-8-17(21)18(11-15)31(27,28)23-9-5-4-6-10-23/h7-8,11,13H,3-6,9-10,12H2,1-2H3. The molecule has 0 saturated carbocycles. The van der Waals surface area contributed by atoms with Crippen molar-refractivity contribution in [2.24, 2.45) is 0 Å². The lowest BCUT2D eigenvalue weighted by Crippen LogP contribution is -2.35. The zero-order valence-electron chi connectivity index (χ0n) is 17.3. The minimum Gasteiger partial charge on any atom is -0.456 e. The van der Waals surface area contributed by atoms with Crippen LogP contribution in [0.15, 0.2) is 28.5 Å². The molecular weight excluding hydrogens is 462 g/mol. The van der Waals surface area contributed by atoms with Crippen molar-refractivity contribution in [2.75, 3.05) is 24.5 Å². The number of carbonyl (C=O) groups excluding carboxylic acids is 2. The van der Waals surface area contributed by atoms with E-state index in [0.717, 1.165) is 19.3 Å². The van der Waals surface area contributed by atoms with Crippen molar-refractivity contribution in [3.05, 3.63) is 39.9 Å². The normalized spacial score (nSPS) is 14.9. The lowest BCUT2D eigenvalue weighted by atomic mass is 10.2. The number of anilines is 1. The van der Waals surface area contributed by atoms with Gasteiger partial charge in [0.1, 0.15) is 11.5 Å². The van der Waals surface area contributed by atoms with E-state index in [0.29, 0.717) is 30.5 Å². The monoisotopic (exact) mass is 485 g/mol. The number of benzene rings is 1. The number of nitrogens with zero attached hydrogens (tertiary/aromatic N) is 3. The summed E-state index contributed by atoms with van der Waals surface area (Å²) < 4.78 is 32.6. The van der Waals surface area contributed by atoms with Crippen molar-refractivity contribution in [2.45, 2.75) is 44.6 Å². The van der Waals surface area contributed by atoms with E-state index in [4.69, 9.17) is 16.3 Å². The summed E-state index contributed by atoms with van der Waals surface area (Å²) in [5, 5.41) is 2.31. The molecule has 1 saturated heterocycles. The lowest BCUT2D eigenvalue weighted by molar-refractivity contribution is -0.116. The fraction of sp³-hybridized carbons (Fsp3) is 0.450. The predicted molar refractivity (Wildman–Crippen MR) is 119 cm³/mol. The minimum atomic E-state index is -3.79. The largest absolute Gasteiger partial charge is 0.456 e. The third kappa shape index (κ3) is 5.43. The molecule has 3 rings (SSSR count). The van der Waals surface area contributed by atoms with E-state index in [-0.39, 0.29) is 28.0 Å². The number of hydrogen-bond donors (Lipinski definition) is 0. The van der Waals surface area contributed by atoms with Gasteiger partial charge in [0.05, 0.1) is 16.3 Å². The van der Waals surface area contributed by atoms with Crippen LogP contribution in [0, 0.1) is 0 Å². The van der Waals surface area contributed by atoms with Crippen molar-refractivity contribution in [3.8, 4) is 0 Å². The maximum absolute atomic E-state index is 13.0. The first-order valence-corrected chi connectivity index (χ1v) is 12.6. The second-order valence-corrected chi connectivity index (χ2v) is 10.2. The van der Waals surface area contributed by atoms with Gasteiger partial charge in [0.15, 0.2) is 5.13 Å². The number of sulfonamides is 1. The highest BCUT2D eigenvalue weighted by atomic mass is 35.5. The number of esters is 1. The Bertz CT molecular complexity index is 1060. The van der Waals surface area contributed by atoms with Crippen LogP contribution in [-0.2, 0) is 26.2 Å². The SMILES string of the molecule is CCN(C(C)=O)c1nc(COC(=O)c2ccc(Cl)c(S(=O)(=O)N3CCCCC3)c2)cs1. The number of rotatable bonds is 7. The molecular formula is C20H24ClN3O5S2. The number of thiazole rings is 1. The number of ether oxygens (including phenoxy) is 1. The van der Waals surface area contributed by atoms with Gasteiger partial charge in [-0.1, -0.05) is 18.0 Å². The van der Waals surface area contributed by atoms with Gasteiger partial charge in [-0.2, -0.15) is 4.31 Å². The highest BCUT2D eigenvalue weighted by Crippen LogP contribution is 2.28. The molecule has 11 heteroatoms. The molecule has 1 aromatic heterocycles. The van der Waals surface area contributed by atoms with Crippen LogP contribution in [0.5, 0.6) is 0 Å². The van der Waals surface area contributed by atoms with Crippen LogP contribution in [0.3, 0.4) is 0 Å². The number of halogens is 1. The van der Waals surface area contributed by atoms with Gasteiger partial charge in [-0.05, 0) is 38.0 Å². The molecule has 0 aliphatic carbocycles. The second kappa shape index (κ2) is 10.1. The average Bonchev–Trinajstić information content (AvgIpc) is 3.21. The first-order chi connectivity index (χ1) is 14.7. The molecule has 0 spiro atoms. The molecule has 1 amide bonds. The van der Waals surface area contributed by atoms with Crippen LogP contribution >= 0.6 is 22.9 Å². The Hall–Kier alpha value is -2.01. The van der Waals surface area contributed by atoms with Crippen LogP contribution in [-0.4, -0.2) is 49.2 Å². The average molecular weight is 486 g/mol. The molecule has 0 radical (unpaired) electrons. The van der Waals surface area contributed by atoms with E-state index in [9.17, 15) is 18.0 Å². The smallest absolute Gasteiger partial charge is 0.338 e. The Morgan fingerprint density at radius 2 is 1.97 bits per heavy atom. The summed E-state index contributed by atoms with van der Waals surface area (Å²) in [5.41, 5.74) is 0.595. The summed E-state index contributed by atoms with van der Waals surface area (Å²) in [4.78, 5) is 29.9. The van der Waals surface area contributed by atoms with Gasteiger partial charge in [-0.15, -0.1) is 11.3 Å². The van der Waals surface area contributed by atoms with Crippen LogP contribution in [0.2, 0.25) is 5.02 Å². The highest BCUT2D eigenvalue weighted by molar-refractivity contribution is 7.89. The molecule has 31 heavy (non-hydrogen) atoms. The Morgan fingerprint density at radius 3 is 2.61 bits per heavy atom. The summed E-state index contributed by atoms with van der Waals surface area (Å²) in [6, 6.07) is 4.08. The summed E-state index contributed by atoms with van der Waals surface area (Å²) >= 11 is 7.43. The number of hydrogen-bond acceptors (Lipinski definition) is 7. The highest BCUT2D eigenvalue weighted by Gasteiger charge is 2.29. The summed E-state index contributed by atoms with van der Waals surface area (Å²) in [6.45, 7) is 4.57. The second-order valence-electron chi connectivity index (χ2n) is 7.07. The molecule has 1 aromatic carbocycles. The molecule has 2 heterocycles. The third-order valence-corrected chi connectivity index (χ3v) is 8.21. The Morgan fingerprint density at radius 1 is 1.26 bits per heavy atom. The van der Waals surface area contributed by atoms with Crippen molar-refractivity contribution in [1.29, 1.82) is 0 Å². The van der Waals surface area contributed by atoms with Gasteiger partial charge < -0.3 is 4.74 Å². The van der Waals surface area contributed by atoms with Crippen molar-refractivity contribution < 1.29 is 22.7 Å². The number of piperidine rings is 1. The van der Waals surface area contributed by atoms with Crippen LogP contribution in [0.1, 0.15) is 49.2 Å². The molecule has 0 unspecified atom stereocenters. The van der Waals surface area contributed by atoms with Gasteiger partial charge in [-0.3, -0.25) is 9.69 Å². The van der Waals surface area contributed by atoms with Crippen molar-refractivity contribution in [1.82, 2.24) is 9.29 Å². The van der Waals surface area contributed by atoms with Crippen LogP contribution in [0.4, 0.5) is 5.13 Å². The number of amides is 1. The summed E-state index contributed by atoms with van der Waals surface area (Å²) in [6.07, 6.45) is 2.59. The quantitative estimate of drug-likeness (QED) is 0.555. The molecule has 1 aliphatic rings. The molecule has 168 valence electrons. The molecule has 8 nitrogen and oxygen atoms in total. The van der Waals surface area contributed by atoms with Crippen LogP contribution in [0.25, 0.3) is 0 Å². The van der Waals surface area contributed by atoms with Gasteiger partial charge >= 0.3 is 5.97 Å². The molecule has 0 N–H and O–H groups in total. The maximum Gasteiger partial charge on any atom is 0.338 e. The number of carbonyl (C=O) groups is 2. The fourth-order valence-electron chi connectivity index (χ4n) is 3.27. The third-order valence-electron chi connectivity index (χ3n) is 4.92. The Labute approximate surface area is 190 Å². The molecule has 0 bridgehead atoms. The van der Waals surface area contributed by atoms with Gasteiger partial charge in [0.25, 0.3) is 0 Å². The van der Waals surface area contributed by atoms with E-state index >= 15 is 0 Å². The van der Waals surface area contributed by atoms with Crippen molar-refractivity contribution >= 4 is 50.0 Å². The van der Waals surface area contributed by atoms with E-state index in [1.54, 1.807) is 5.38 Å². The maximum atomic E-state index is 13.0. The summed E-state index contributed by atoms with van der Waals surface area (Å²) in [5.74, 6) is -0.802. The van der Waals surface area contributed by atoms with Crippen molar-refractivity contribution in [3.63, 3.8) is 0 Å². The van der Waals surface area contributed by atoms with E-state index in [1.807, 2.05) is 6.92 Å².